The summed E-state index contributed by atoms with van der Waals surface area (Å²) < 4.78 is 3.95. The largest absolute Gasteiger partial charge is 0.478 e. The van der Waals surface area contributed by atoms with E-state index in [1.807, 2.05) is 6.92 Å². The lowest BCUT2D eigenvalue weighted by Gasteiger charge is -2.09. The molecule has 1 atom stereocenters. The minimum absolute atomic E-state index is 0.0772. The van der Waals surface area contributed by atoms with E-state index in [0.717, 1.165) is 24.4 Å². The van der Waals surface area contributed by atoms with Crippen molar-refractivity contribution in [2.45, 2.75) is 33.1 Å². The maximum Gasteiger partial charge on any atom is 0.340 e. The van der Waals surface area contributed by atoms with Crippen LogP contribution in [0, 0.1) is 12.8 Å². The average molecular weight is 285 g/mol. The molecule has 0 aliphatic carbocycles. The number of carboxylic acid groups (broad SMARTS) is 1. The molecule has 1 amide bonds. The Kier molecular flexibility index (Phi) is 5.91. The molecule has 0 aliphatic heterocycles. The second-order valence-electron chi connectivity index (χ2n) is 4.55. The fourth-order valence-electron chi connectivity index (χ4n) is 1.70. The highest BCUT2D eigenvalue weighted by Gasteiger charge is 2.19. The van der Waals surface area contributed by atoms with Gasteiger partial charge in [0.25, 0.3) is 0 Å². The second-order valence-corrected chi connectivity index (χ2v) is 5.32. The van der Waals surface area contributed by atoms with Gasteiger partial charge in [0.05, 0.1) is 5.69 Å². The Bertz CT molecular complexity index is 459. The van der Waals surface area contributed by atoms with Gasteiger partial charge in [0.1, 0.15) is 10.6 Å². The molecule has 0 bridgehead atoms. The first-order valence-electron chi connectivity index (χ1n) is 6.15. The third-order valence-corrected chi connectivity index (χ3v) is 3.71. The molecule has 0 saturated heterocycles. The van der Waals surface area contributed by atoms with Crippen molar-refractivity contribution in [3.63, 3.8) is 0 Å². The van der Waals surface area contributed by atoms with E-state index in [1.165, 1.54) is 0 Å². The van der Waals surface area contributed by atoms with Gasteiger partial charge in [-0.15, -0.1) is 0 Å². The zero-order valence-corrected chi connectivity index (χ0v) is 11.9. The molecule has 1 rings (SSSR count). The Morgan fingerprint density at radius 1 is 1.47 bits per heavy atom. The minimum Gasteiger partial charge on any atom is -0.478 e. The number of nitrogens with zero attached hydrogens (tertiary/aromatic N) is 1. The number of carboxylic acids is 1. The summed E-state index contributed by atoms with van der Waals surface area (Å²) in [6, 6.07) is 0. The molecule has 19 heavy (non-hydrogen) atoms. The predicted molar refractivity (Wildman–Crippen MR) is 74.5 cm³/mol. The summed E-state index contributed by atoms with van der Waals surface area (Å²) in [4.78, 5) is 22.8. The topological polar surface area (TPSA) is 105 Å². The average Bonchev–Trinajstić information content (AvgIpc) is 2.68. The fraction of sp³-hybridized carbons (Fsp3) is 0.583. The van der Waals surface area contributed by atoms with Gasteiger partial charge in [-0.1, -0.05) is 6.92 Å². The number of aromatic carboxylic acids is 1. The quantitative estimate of drug-likeness (QED) is 0.709. The van der Waals surface area contributed by atoms with Crippen LogP contribution in [0.15, 0.2) is 0 Å². The highest BCUT2D eigenvalue weighted by molar-refractivity contribution is 7.11. The first kappa shape index (κ1) is 15.6. The van der Waals surface area contributed by atoms with E-state index in [2.05, 4.69) is 9.69 Å². The molecule has 1 aromatic heterocycles. The van der Waals surface area contributed by atoms with Gasteiger partial charge in [-0.2, -0.15) is 4.37 Å². The Morgan fingerprint density at radius 2 is 2.16 bits per heavy atom. The van der Waals surface area contributed by atoms with Crippen LogP contribution in [0.3, 0.4) is 0 Å². The van der Waals surface area contributed by atoms with Crippen molar-refractivity contribution in [2.24, 2.45) is 11.7 Å². The summed E-state index contributed by atoms with van der Waals surface area (Å²) in [7, 11) is 0. The molecular weight excluding hydrogens is 266 g/mol. The molecule has 6 nitrogen and oxygen atoms in total. The monoisotopic (exact) mass is 285 g/mol. The molecule has 7 heteroatoms. The molecule has 0 fully saturated rings. The Hall–Kier alpha value is -1.47. The normalized spacial score (nSPS) is 12.2. The molecule has 0 aliphatic rings. The fourth-order valence-corrected chi connectivity index (χ4v) is 2.51. The van der Waals surface area contributed by atoms with Crippen molar-refractivity contribution in [1.29, 1.82) is 0 Å². The molecule has 1 heterocycles. The number of anilines is 1. The van der Waals surface area contributed by atoms with Crippen LogP contribution < -0.4 is 11.1 Å². The Morgan fingerprint density at radius 3 is 2.74 bits per heavy atom. The van der Waals surface area contributed by atoms with E-state index in [1.54, 1.807) is 6.92 Å². The molecular formula is C12H19N3O3S. The zero-order valence-electron chi connectivity index (χ0n) is 11.1. The van der Waals surface area contributed by atoms with E-state index >= 15 is 0 Å². The summed E-state index contributed by atoms with van der Waals surface area (Å²) in [6.45, 7) is 4.26. The smallest absolute Gasteiger partial charge is 0.340 e. The van der Waals surface area contributed by atoms with Crippen LogP contribution in [-0.4, -0.2) is 27.9 Å². The van der Waals surface area contributed by atoms with Gasteiger partial charge in [-0.25, -0.2) is 4.79 Å². The predicted octanol–water partition coefficient (Wildman–Crippen LogP) is 1.85. The number of carbonyl (C=O) groups excluding carboxylic acids is 1. The van der Waals surface area contributed by atoms with Gasteiger partial charge in [-0.05, 0) is 43.8 Å². The molecule has 0 radical (unpaired) electrons. The Labute approximate surface area is 116 Å². The van der Waals surface area contributed by atoms with E-state index in [0.29, 0.717) is 29.6 Å². The first-order chi connectivity index (χ1) is 8.95. The Balaban J connectivity index is 2.56. The van der Waals surface area contributed by atoms with Crippen LogP contribution in [0.25, 0.3) is 0 Å². The minimum atomic E-state index is -1.07. The van der Waals surface area contributed by atoms with Crippen LogP contribution in [0.5, 0.6) is 0 Å². The number of nitrogens with two attached hydrogens (primary N) is 1. The summed E-state index contributed by atoms with van der Waals surface area (Å²) in [5.41, 5.74) is 5.94. The number of carbonyl (C=O) groups is 2. The molecule has 4 N–H and O–H groups in total. The van der Waals surface area contributed by atoms with Crippen molar-refractivity contribution >= 4 is 28.4 Å². The number of hydrogen-bond donors (Lipinski definition) is 3. The van der Waals surface area contributed by atoms with E-state index in [4.69, 9.17) is 10.8 Å². The lowest BCUT2D eigenvalue weighted by atomic mass is 10.0. The summed E-state index contributed by atoms with van der Waals surface area (Å²) in [5.74, 6) is -0.869. The number of nitrogens with one attached hydrogen (secondary N) is 1. The highest BCUT2D eigenvalue weighted by atomic mass is 32.1. The van der Waals surface area contributed by atoms with E-state index < -0.39 is 5.97 Å². The van der Waals surface area contributed by atoms with Gasteiger partial charge in [0.2, 0.25) is 5.91 Å². The number of aryl methyl sites for hydroxylation is 1. The van der Waals surface area contributed by atoms with Gasteiger partial charge in [-0.3, -0.25) is 4.79 Å². The summed E-state index contributed by atoms with van der Waals surface area (Å²) in [6.07, 6.45) is 1.98. The van der Waals surface area contributed by atoms with Crippen molar-refractivity contribution in [3.05, 3.63) is 11.3 Å². The lowest BCUT2D eigenvalue weighted by molar-refractivity contribution is -0.116. The van der Waals surface area contributed by atoms with Gasteiger partial charge < -0.3 is 16.2 Å². The van der Waals surface area contributed by atoms with Gasteiger partial charge in [0, 0.05) is 6.42 Å². The third-order valence-electron chi connectivity index (χ3n) is 2.85. The van der Waals surface area contributed by atoms with Crippen molar-refractivity contribution in [3.8, 4) is 0 Å². The van der Waals surface area contributed by atoms with Crippen molar-refractivity contribution < 1.29 is 14.7 Å². The number of rotatable bonds is 7. The summed E-state index contributed by atoms with van der Waals surface area (Å²) >= 11 is 0.995. The van der Waals surface area contributed by atoms with Crippen molar-refractivity contribution in [2.75, 3.05) is 11.9 Å². The highest BCUT2D eigenvalue weighted by Crippen LogP contribution is 2.24. The van der Waals surface area contributed by atoms with E-state index in [9.17, 15) is 9.59 Å². The lowest BCUT2D eigenvalue weighted by Crippen LogP contribution is -2.15. The van der Waals surface area contributed by atoms with Crippen LogP contribution in [-0.2, 0) is 4.79 Å². The standard InChI is InChI=1S/C12H19N3O3S/c1-7(5-6-13)3-4-9(16)14-11-10(12(17)18)8(2)15-19-11/h7H,3-6,13H2,1-2H3,(H,14,16)(H,17,18). The maximum absolute atomic E-state index is 11.7. The SMILES string of the molecule is Cc1nsc(NC(=O)CCC(C)CCN)c1C(=O)O. The molecule has 1 unspecified atom stereocenters. The maximum atomic E-state index is 11.7. The molecule has 106 valence electrons. The number of aromatic nitrogens is 1. The van der Waals surface area contributed by atoms with Crippen LogP contribution in [0.1, 0.15) is 42.2 Å². The molecule has 0 aromatic carbocycles. The van der Waals surface area contributed by atoms with Crippen LogP contribution >= 0.6 is 11.5 Å². The second kappa shape index (κ2) is 7.20. The first-order valence-corrected chi connectivity index (χ1v) is 6.92. The number of hydrogen-bond acceptors (Lipinski definition) is 5. The molecule has 0 saturated carbocycles. The molecule has 1 aromatic rings. The number of amides is 1. The molecule has 0 spiro atoms. The van der Waals surface area contributed by atoms with Gasteiger partial charge >= 0.3 is 5.97 Å². The van der Waals surface area contributed by atoms with Gasteiger partial charge in [0.15, 0.2) is 0 Å². The zero-order chi connectivity index (χ0) is 14.4. The summed E-state index contributed by atoms with van der Waals surface area (Å²) in [5, 5.41) is 12.0. The van der Waals surface area contributed by atoms with E-state index in [-0.39, 0.29) is 11.5 Å². The van der Waals surface area contributed by atoms with Crippen molar-refractivity contribution in [1.82, 2.24) is 4.37 Å². The van der Waals surface area contributed by atoms with Crippen LogP contribution in [0.2, 0.25) is 0 Å². The van der Waals surface area contributed by atoms with Crippen LogP contribution in [0.4, 0.5) is 5.00 Å². The third kappa shape index (κ3) is 4.60.